The third-order valence-electron chi connectivity index (χ3n) is 5.35. The Hall–Kier alpha value is -3.58. The summed E-state index contributed by atoms with van der Waals surface area (Å²) in [6, 6.07) is 12.2. The van der Waals surface area contributed by atoms with Gasteiger partial charge < -0.3 is 10.1 Å². The summed E-state index contributed by atoms with van der Waals surface area (Å²) < 4.78 is 7.81. The first-order valence-electron chi connectivity index (χ1n) is 10.6. The van der Waals surface area contributed by atoms with Crippen LogP contribution in [0.15, 0.2) is 61.2 Å². The van der Waals surface area contributed by atoms with Crippen LogP contribution in [-0.2, 0) is 19.5 Å². The molecule has 1 aliphatic heterocycles. The molecule has 0 unspecified atom stereocenters. The average molecular weight is 412 g/mol. The van der Waals surface area contributed by atoms with Gasteiger partial charge in [0.2, 0.25) is 0 Å². The first-order chi connectivity index (χ1) is 15.3. The molecule has 0 amide bonds. The van der Waals surface area contributed by atoms with E-state index in [0.29, 0.717) is 13.0 Å². The van der Waals surface area contributed by atoms with Gasteiger partial charge in [-0.15, -0.1) is 0 Å². The van der Waals surface area contributed by atoms with E-state index in [2.05, 4.69) is 40.4 Å². The lowest BCUT2D eigenvalue weighted by Gasteiger charge is -2.09. The molecule has 0 fully saturated rings. The van der Waals surface area contributed by atoms with Crippen LogP contribution in [0.1, 0.15) is 23.9 Å². The fourth-order valence-electron chi connectivity index (χ4n) is 3.75. The standard InChI is InChI=1S/C24H24N6O/c1-2-30-16-20(24(29-30)19-4-3-8-25-15-19)21-7-9-27-23(28-21)13-17-5-6-18-14-26-10-11-31-22(18)12-17/h3-9,12,15-16,26H,2,10-11,13-14H2,1H3. The van der Waals surface area contributed by atoms with Gasteiger partial charge in [0.25, 0.3) is 0 Å². The highest BCUT2D eigenvalue weighted by Gasteiger charge is 2.15. The quantitative estimate of drug-likeness (QED) is 0.541. The van der Waals surface area contributed by atoms with E-state index >= 15 is 0 Å². The van der Waals surface area contributed by atoms with Crippen LogP contribution in [0, 0.1) is 0 Å². The summed E-state index contributed by atoms with van der Waals surface area (Å²) >= 11 is 0. The lowest BCUT2D eigenvalue weighted by atomic mass is 10.1. The molecule has 7 nitrogen and oxygen atoms in total. The summed E-state index contributed by atoms with van der Waals surface area (Å²) in [6.45, 7) is 5.24. The first kappa shape index (κ1) is 19.4. The molecule has 156 valence electrons. The van der Waals surface area contributed by atoms with E-state index in [9.17, 15) is 0 Å². The molecule has 1 N–H and O–H groups in total. The van der Waals surface area contributed by atoms with E-state index in [1.807, 2.05) is 41.5 Å². The molecule has 1 aromatic carbocycles. The van der Waals surface area contributed by atoms with Crippen LogP contribution < -0.4 is 10.1 Å². The zero-order chi connectivity index (χ0) is 21.0. The summed E-state index contributed by atoms with van der Waals surface area (Å²) in [5, 5.41) is 8.10. The Kier molecular flexibility index (Phi) is 5.41. The number of aryl methyl sites for hydroxylation is 1. The van der Waals surface area contributed by atoms with Crippen LogP contribution >= 0.6 is 0 Å². The summed E-state index contributed by atoms with van der Waals surface area (Å²) in [5.41, 5.74) is 6.01. The molecule has 0 saturated heterocycles. The number of nitrogens with one attached hydrogen (secondary N) is 1. The minimum absolute atomic E-state index is 0.641. The second-order valence-corrected chi connectivity index (χ2v) is 7.49. The number of benzene rings is 1. The zero-order valence-electron chi connectivity index (χ0n) is 17.5. The molecule has 0 bridgehead atoms. The molecule has 0 atom stereocenters. The minimum Gasteiger partial charge on any atom is -0.492 e. The maximum atomic E-state index is 5.88. The van der Waals surface area contributed by atoms with E-state index in [1.165, 1.54) is 5.56 Å². The summed E-state index contributed by atoms with van der Waals surface area (Å²) in [5.74, 6) is 1.72. The molecular weight excluding hydrogens is 388 g/mol. The second-order valence-electron chi connectivity index (χ2n) is 7.49. The number of pyridine rings is 1. The van der Waals surface area contributed by atoms with Crippen molar-refractivity contribution in [2.24, 2.45) is 0 Å². The van der Waals surface area contributed by atoms with Gasteiger partial charge in [0, 0.05) is 67.5 Å². The highest BCUT2D eigenvalue weighted by Crippen LogP contribution is 2.30. The molecule has 0 saturated carbocycles. The van der Waals surface area contributed by atoms with Crippen LogP contribution in [0.3, 0.4) is 0 Å². The van der Waals surface area contributed by atoms with Crippen molar-refractivity contribution in [3.63, 3.8) is 0 Å². The molecular formula is C24H24N6O. The van der Waals surface area contributed by atoms with E-state index in [1.54, 1.807) is 6.20 Å². The van der Waals surface area contributed by atoms with Crippen molar-refractivity contribution in [2.75, 3.05) is 13.2 Å². The fourth-order valence-corrected chi connectivity index (χ4v) is 3.75. The van der Waals surface area contributed by atoms with Crippen LogP contribution in [0.5, 0.6) is 5.75 Å². The maximum Gasteiger partial charge on any atom is 0.133 e. The SMILES string of the molecule is CCn1cc(-c2ccnc(Cc3ccc4c(c3)OCCNC4)n2)c(-c2cccnc2)n1. The van der Waals surface area contributed by atoms with E-state index < -0.39 is 0 Å². The van der Waals surface area contributed by atoms with Crippen molar-refractivity contribution in [1.82, 2.24) is 30.0 Å². The largest absolute Gasteiger partial charge is 0.492 e. The van der Waals surface area contributed by atoms with E-state index in [0.717, 1.165) is 59.3 Å². The smallest absolute Gasteiger partial charge is 0.133 e. The normalized spacial score (nSPS) is 13.3. The summed E-state index contributed by atoms with van der Waals surface area (Å²) in [4.78, 5) is 13.6. The Bertz CT molecular complexity index is 1190. The van der Waals surface area contributed by atoms with Crippen LogP contribution in [0.2, 0.25) is 0 Å². The number of nitrogens with zero attached hydrogens (tertiary/aromatic N) is 5. The third kappa shape index (κ3) is 4.18. The Morgan fingerprint density at radius 1 is 1.16 bits per heavy atom. The van der Waals surface area contributed by atoms with Gasteiger partial charge in [-0.2, -0.15) is 5.10 Å². The van der Waals surface area contributed by atoms with Crippen molar-refractivity contribution >= 4 is 0 Å². The Morgan fingerprint density at radius 2 is 2.13 bits per heavy atom. The van der Waals surface area contributed by atoms with Gasteiger partial charge >= 0.3 is 0 Å². The van der Waals surface area contributed by atoms with Gasteiger partial charge in [-0.3, -0.25) is 9.67 Å². The Morgan fingerprint density at radius 3 is 3.00 bits per heavy atom. The number of hydrogen-bond donors (Lipinski definition) is 1. The van der Waals surface area contributed by atoms with Gasteiger partial charge in [0.1, 0.15) is 23.9 Å². The van der Waals surface area contributed by atoms with Crippen molar-refractivity contribution in [2.45, 2.75) is 26.4 Å². The predicted octanol–water partition coefficient (Wildman–Crippen LogP) is 3.49. The molecule has 0 radical (unpaired) electrons. The van der Waals surface area contributed by atoms with Crippen LogP contribution in [0.4, 0.5) is 0 Å². The second kappa shape index (κ2) is 8.65. The number of rotatable bonds is 5. The molecule has 3 aromatic heterocycles. The van der Waals surface area contributed by atoms with E-state index in [4.69, 9.17) is 14.8 Å². The van der Waals surface area contributed by atoms with Gasteiger partial charge in [-0.1, -0.05) is 12.1 Å². The Labute approximate surface area is 181 Å². The van der Waals surface area contributed by atoms with Gasteiger partial charge in [-0.05, 0) is 36.8 Å². The summed E-state index contributed by atoms with van der Waals surface area (Å²) in [6.07, 6.45) is 8.10. The summed E-state index contributed by atoms with van der Waals surface area (Å²) in [7, 11) is 0. The van der Waals surface area contributed by atoms with Crippen molar-refractivity contribution in [3.8, 4) is 28.3 Å². The van der Waals surface area contributed by atoms with Crippen LogP contribution in [0.25, 0.3) is 22.5 Å². The van der Waals surface area contributed by atoms with Crippen molar-refractivity contribution < 1.29 is 4.74 Å². The molecule has 4 heterocycles. The predicted molar refractivity (Wildman–Crippen MR) is 119 cm³/mol. The van der Waals surface area contributed by atoms with Crippen molar-refractivity contribution in [1.29, 1.82) is 0 Å². The lowest BCUT2D eigenvalue weighted by molar-refractivity contribution is 0.325. The molecule has 7 heteroatoms. The molecule has 31 heavy (non-hydrogen) atoms. The Balaban J connectivity index is 1.46. The highest BCUT2D eigenvalue weighted by atomic mass is 16.5. The molecule has 0 aliphatic carbocycles. The number of hydrogen-bond acceptors (Lipinski definition) is 6. The monoisotopic (exact) mass is 412 g/mol. The van der Waals surface area contributed by atoms with Gasteiger partial charge in [0.15, 0.2) is 0 Å². The first-order valence-corrected chi connectivity index (χ1v) is 10.6. The average Bonchev–Trinajstić information content (AvgIpc) is 3.12. The number of fused-ring (bicyclic) bond motifs is 1. The molecule has 0 spiro atoms. The number of ether oxygens (including phenoxy) is 1. The lowest BCUT2D eigenvalue weighted by Crippen LogP contribution is -2.16. The maximum absolute atomic E-state index is 5.88. The number of aromatic nitrogens is 5. The van der Waals surface area contributed by atoms with Crippen LogP contribution in [-0.4, -0.2) is 37.9 Å². The third-order valence-corrected chi connectivity index (χ3v) is 5.35. The molecule has 5 rings (SSSR count). The fraction of sp³-hybridized carbons (Fsp3) is 0.250. The minimum atomic E-state index is 0.641. The molecule has 4 aromatic rings. The van der Waals surface area contributed by atoms with Crippen molar-refractivity contribution in [3.05, 3.63) is 78.1 Å². The highest BCUT2D eigenvalue weighted by molar-refractivity contribution is 5.78. The zero-order valence-corrected chi connectivity index (χ0v) is 17.5. The van der Waals surface area contributed by atoms with E-state index in [-0.39, 0.29) is 0 Å². The van der Waals surface area contributed by atoms with Gasteiger partial charge in [-0.25, -0.2) is 9.97 Å². The van der Waals surface area contributed by atoms with Gasteiger partial charge in [0.05, 0.1) is 5.69 Å². The topological polar surface area (TPSA) is 77.8 Å². The molecule has 1 aliphatic rings.